The minimum atomic E-state index is -0.930. The van der Waals surface area contributed by atoms with Crippen LogP contribution in [0.25, 0.3) is 0 Å². The number of aliphatic hydroxyl groups is 2. The lowest BCUT2D eigenvalue weighted by molar-refractivity contribution is 0.0172. The van der Waals surface area contributed by atoms with Crippen molar-refractivity contribution in [1.29, 1.82) is 0 Å². The predicted molar refractivity (Wildman–Crippen MR) is 85.8 cm³/mol. The van der Waals surface area contributed by atoms with Crippen LogP contribution in [0.3, 0.4) is 0 Å². The van der Waals surface area contributed by atoms with Gasteiger partial charge >= 0.3 is 0 Å². The first kappa shape index (κ1) is 15.0. The summed E-state index contributed by atoms with van der Waals surface area (Å²) in [6, 6.07) is 17.0. The molecule has 116 valence electrons. The van der Waals surface area contributed by atoms with E-state index in [9.17, 15) is 10.2 Å². The van der Waals surface area contributed by atoms with Crippen LogP contribution >= 0.6 is 0 Å². The largest absolute Gasteiger partial charge is 0.385 e. The molecule has 2 atom stereocenters. The molecule has 0 radical (unpaired) electrons. The number of ether oxygens (including phenoxy) is 1. The van der Waals surface area contributed by atoms with E-state index in [4.69, 9.17) is 4.74 Å². The van der Waals surface area contributed by atoms with Crippen LogP contribution < -0.4 is 4.90 Å². The van der Waals surface area contributed by atoms with Crippen molar-refractivity contribution < 1.29 is 14.9 Å². The summed E-state index contributed by atoms with van der Waals surface area (Å²) in [5, 5.41) is 20.6. The molecule has 22 heavy (non-hydrogen) atoms. The molecule has 0 spiro atoms. The fraction of sp³-hybridized carbons (Fsp3) is 0.333. The van der Waals surface area contributed by atoms with E-state index >= 15 is 0 Å². The Balaban J connectivity index is 1.71. The summed E-state index contributed by atoms with van der Waals surface area (Å²) in [5.74, 6) is 0. The highest BCUT2D eigenvalue weighted by Gasteiger charge is 2.20. The Labute approximate surface area is 130 Å². The van der Waals surface area contributed by atoms with Gasteiger partial charge in [-0.05, 0) is 23.3 Å². The Hall–Kier alpha value is -1.88. The van der Waals surface area contributed by atoms with Gasteiger partial charge in [-0.3, -0.25) is 0 Å². The molecule has 1 fully saturated rings. The van der Waals surface area contributed by atoms with E-state index in [2.05, 4.69) is 4.90 Å². The molecule has 4 heteroatoms. The summed E-state index contributed by atoms with van der Waals surface area (Å²) >= 11 is 0. The molecule has 2 aromatic carbocycles. The normalized spacial score (nSPS) is 18.0. The van der Waals surface area contributed by atoms with Crippen molar-refractivity contribution >= 4 is 5.69 Å². The van der Waals surface area contributed by atoms with Crippen LogP contribution in [0.15, 0.2) is 54.6 Å². The average molecular weight is 299 g/mol. The van der Waals surface area contributed by atoms with Crippen LogP contribution in [0.1, 0.15) is 23.3 Å². The summed E-state index contributed by atoms with van der Waals surface area (Å²) < 4.78 is 5.35. The fourth-order valence-corrected chi connectivity index (χ4v) is 2.72. The van der Waals surface area contributed by atoms with Crippen molar-refractivity contribution in [3.8, 4) is 0 Å². The first-order valence-electron chi connectivity index (χ1n) is 7.59. The van der Waals surface area contributed by atoms with E-state index in [1.807, 2.05) is 54.6 Å². The SMILES string of the molecule is O[C@H](c1ccc(N2CCOCC2)cc1)[C@@H](O)c1ccccc1. The van der Waals surface area contributed by atoms with Crippen LogP contribution in [0.5, 0.6) is 0 Å². The number of nitrogens with zero attached hydrogens (tertiary/aromatic N) is 1. The van der Waals surface area contributed by atoms with Crippen molar-refractivity contribution in [2.45, 2.75) is 12.2 Å². The Morgan fingerprint density at radius 2 is 1.32 bits per heavy atom. The third-order valence-corrected chi connectivity index (χ3v) is 4.05. The summed E-state index contributed by atoms with van der Waals surface area (Å²) in [6.07, 6.45) is -1.85. The smallest absolute Gasteiger partial charge is 0.109 e. The second kappa shape index (κ2) is 6.92. The number of aliphatic hydroxyl groups excluding tert-OH is 2. The van der Waals surface area contributed by atoms with Gasteiger partial charge in [0, 0.05) is 18.8 Å². The molecule has 0 saturated carbocycles. The molecule has 1 heterocycles. The lowest BCUT2D eigenvalue weighted by Gasteiger charge is -2.29. The zero-order valence-electron chi connectivity index (χ0n) is 12.4. The maximum atomic E-state index is 10.4. The Kier molecular flexibility index (Phi) is 4.73. The van der Waals surface area contributed by atoms with Crippen molar-refractivity contribution in [2.24, 2.45) is 0 Å². The second-order valence-corrected chi connectivity index (χ2v) is 5.49. The molecule has 0 unspecified atom stereocenters. The Bertz CT molecular complexity index is 579. The van der Waals surface area contributed by atoms with Crippen molar-refractivity contribution in [3.63, 3.8) is 0 Å². The molecule has 3 rings (SSSR count). The van der Waals surface area contributed by atoms with Crippen LogP contribution in [0.2, 0.25) is 0 Å². The predicted octanol–water partition coefficient (Wildman–Crippen LogP) is 2.29. The standard InChI is InChI=1S/C18H21NO3/c20-17(14-4-2-1-3-5-14)18(21)15-6-8-16(9-7-15)19-10-12-22-13-11-19/h1-9,17-18,20-21H,10-13H2/t17-,18+/m0/s1. The first-order valence-corrected chi connectivity index (χ1v) is 7.59. The Morgan fingerprint density at radius 3 is 1.91 bits per heavy atom. The lowest BCUT2D eigenvalue weighted by Crippen LogP contribution is -2.36. The first-order chi connectivity index (χ1) is 10.8. The number of rotatable bonds is 4. The van der Waals surface area contributed by atoms with Gasteiger partial charge < -0.3 is 19.8 Å². The number of morpholine rings is 1. The highest BCUT2D eigenvalue weighted by molar-refractivity contribution is 5.48. The molecule has 1 aliphatic rings. The number of benzene rings is 2. The van der Waals surface area contributed by atoms with Crippen molar-refractivity contribution in [2.75, 3.05) is 31.2 Å². The van der Waals surface area contributed by atoms with Gasteiger partial charge in [0.1, 0.15) is 12.2 Å². The number of hydrogen-bond donors (Lipinski definition) is 2. The summed E-state index contributed by atoms with van der Waals surface area (Å²) in [6.45, 7) is 3.26. The van der Waals surface area contributed by atoms with Crippen LogP contribution in [-0.2, 0) is 4.74 Å². The number of hydrogen-bond acceptors (Lipinski definition) is 4. The number of anilines is 1. The van der Waals surface area contributed by atoms with Crippen LogP contribution in [-0.4, -0.2) is 36.5 Å². The summed E-state index contributed by atoms with van der Waals surface area (Å²) in [5.41, 5.74) is 2.55. The molecule has 1 saturated heterocycles. The minimum absolute atomic E-state index is 0.715. The van der Waals surface area contributed by atoms with Crippen molar-refractivity contribution in [1.82, 2.24) is 0 Å². The zero-order chi connectivity index (χ0) is 15.4. The van der Waals surface area contributed by atoms with E-state index in [1.54, 1.807) is 0 Å². The summed E-state index contributed by atoms with van der Waals surface area (Å²) in [7, 11) is 0. The molecule has 4 nitrogen and oxygen atoms in total. The van der Waals surface area contributed by atoms with Crippen LogP contribution in [0.4, 0.5) is 5.69 Å². The van der Waals surface area contributed by atoms with Gasteiger partial charge in [0.2, 0.25) is 0 Å². The zero-order valence-corrected chi connectivity index (χ0v) is 12.4. The van der Waals surface area contributed by atoms with E-state index in [0.717, 1.165) is 32.0 Å². The summed E-state index contributed by atoms with van der Waals surface area (Å²) in [4.78, 5) is 2.26. The third-order valence-electron chi connectivity index (χ3n) is 4.05. The van der Waals surface area contributed by atoms with Gasteiger partial charge in [-0.1, -0.05) is 42.5 Å². The maximum absolute atomic E-state index is 10.4. The molecule has 2 aromatic rings. The van der Waals surface area contributed by atoms with Gasteiger partial charge in [0.15, 0.2) is 0 Å². The van der Waals surface area contributed by atoms with Gasteiger partial charge in [-0.15, -0.1) is 0 Å². The minimum Gasteiger partial charge on any atom is -0.385 e. The molecule has 0 aromatic heterocycles. The lowest BCUT2D eigenvalue weighted by atomic mass is 9.98. The molecule has 0 bridgehead atoms. The highest BCUT2D eigenvalue weighted by atomic mass is 16.5. The van der Waals surface area contributed by atoms with E-state index in [1.165, 1.54) is 0 Å². The molecule has 2 N–H and O–H groups in total. The Morgan fingerprint density at radius 1 is 0.773 bits per heavy atom. The van der Waals surface area contributed by atoms with E-state index < -0.39 is 12.2 Å². The maximum Gasteiger partial charge on any atom is 0.109 e. The quantitative estimate of drug-likeness (QED) is 0.909. The van der Waals surface area contributed by atoms with Crippen LogP contribution in [0, 0.1) is 0 Å². The van der Waals surface area contributed by atoms with Gasteiger partial charge in [0.25, 0.3) is 0 Å². The topological polar surface area (TPSA) is 52.9 Å². The van der Waals surface area contributed by atoms with Gasteiger partial charge in [-0.25, -0.2) is 0 Å². The van der Waals surface area contributed by atoms with E-state index in [0.29, 0.717) is 11.1 Å². The molecular weight excluding hydrogens is 278 g/mol. The fourth-order valence-electron chi connectivity index (χ4n) is 2.72. The average Bonchev–Trinajstić information content (AvgIpc) is 2.62. The molecular formula is C18H21NO3. The van der Waals surface area contributed by atoms with Crippen molar-refractivity contribution in [3.05, 3.63) is 65.7 Å². The van der Waals surface area contributed by atoms with Gasteiger partial charge in [0.05, 0.1) is 13.2 Å². The third kappa shape index (κ3) is 3.30. The van der Waals surface area contributed by atoms with E-state index in [-0.39, 0.29) is 0 Å². The molecule has 0 amide bonds. The highest BCUT2D eigenvalue weighted by Crippen LogP contribution is 2.29. The monoisotopic (exact) mass is 299 g/mol. The molecule has 1 aliphatic heterocycles. The van der Waals surface area contributed by atoms with Gasteiger partial charge in [-0.2, -0.15) is 0 Å². The molecule has 0 aliphatic carbocycles. The second-order valence-electron chi connectivity index (χ2n) is 5.49.